The van der Waals surface area contributed by atoms with Gasteiger partial charge >= 0.3 is 0 Å². The maximum atomic E-state index is 14.2. The Morgan fingerprint density at radius 2 is 1.73 bits per heavy atom. The van der Waals surface area contributed by atoms with Gasteiger partial charge in [0.25, 0.3) is 0 Å². The van der Waals surface area contributed by atoms with Crippen molar-refractivity contribution in [2.75, 3.05) is 72.2 Å². The molecular formula is C27H40N4O5S. The predicted molar refractivity (Wildman–Crippen MR) is 142 cm³/mol. The van der Waals surface area contributed by atoms with Crippen LogP contribution in [0.2, 0.25) is 0 Å². The Balaban J connectivity index is 1.45. The quantitative estimate of drug-likeness (QED) is 0.343. The molecule has 204 valence electrons. The van der Waals surface area contributed by atoms with Crippen molar-refractivity contribution in [2.45, 2.75) is 42.2 Å². The monoisotopic (exact) mass is 532 g/mol. The van der Waals surface area contributed by atoms with Crippen molar-refractivity contribution in [3.05, 3.63) is 24.3 Å². The third-order valence-electron chi connectivity index (χ3n) is 8.42. The van der Waals surface area contributed by atoms with Crippen LogP contribution in [0, 0.1) is 11.8 Å². The number of amides is 3. The van der Waals surface area contributed by atoms with Crippen LogP contribution in [-0.2, 0) is 19.1 Å². The minimum atomic E-state index is -0.758. The van der Waals surface area contributed by atoms with E-state index in [-0.39, 0.29) is 29.6 Å². The number of likely N-dealkylation sites (tertiary alicyclic amines) is 1. The molecule has 5 heterocycles. The summed E-state index contributed by atoms with van der Waals surface area (Å²) in [5.41, 5.74) is 0. The summed E-state index contributed by atoms with van der Waals surface area (Å²) in [6, 6.07) is -0.634. The standard InChI is InChI=1S/C27H40N4O5S/c1-2-9-29-10-5-7-20-21(24(29)33)22-25(34)31(12-3-4-17-32)23-26(35)30(11-6-8-27(22,23)37-20)14-13-28-15-18-36-19-16-28/h5-8,20-23,32H,2-4,9-19H2,1H3/t20-,21+,22-,23?,27-/m0/s1. The van der Waals surface area contributed by atoms with E-state index in [1.54, 1.807) is 16.7 Å². The minimum absolute atomic E-state index is 0.0242. The number of hydrogen-bond donors (Lipinski definition) is 1. The third-order valence-corrected chi connectivity index (χ3v) is 10.2. The van der Waals surface area contributed by atoms with Crippen LogP contribution in [0.15, 0.2) is 24.3 Å². The van der Waals surface area contributed by atoms with Gasteiger partial charge in [-0.05, 0) is 19.3 Å². The van der Waals surface area contributed by atoms with E-state index in [0.29, 0.717) is 58.8 Å². The molecule has 5 aliphatic rings. The van der Waals surface area contributed by atoms with Crippen LogP contribution in [0.3, 0.4) is 0 Å². The predicted octanol–water partition coefficient (Wildman–Crippen LogP) is 0.595. The van der Waals surface area contributed by atoms with Crippen LogP contribution >= 0.6 is 11.8 Å². The highest BCUT2D eigenvalue weighted by atomic mass is 32.2. The molecular weight excluding hydrogens is 492 g/mol. The summed E-state index contributed by atoms with van der Waals surface area (Å²) in [7, 11) is 0. The Hall–Kier alpha value is -1.88. The average molecular weight is 533 g/mol. The molecule has 1 spiro atoms. The van der Waals surface area contributed by atoms with Crippen LogP contribution in [0.25, 0.3) is 0 Å². The third kappa shape index (κ3) is 4.86. The van der Waals surface area contributed by atoms with Crippen molar-refractivity contribution in [3.8, 4) is 0 Å². The molecule has 1 N–H and O–H groups in total. The zero-order valence-electron chi connectivity index (χ0n) is 21.8. The summed E-state index contributed by atoms with van der Waals surface area (Å²) in [6.07, 6.45) is 10.3. The van der Waals surface area contributed by atoms with E-state index in [1.807, 2.05) is 15.9 Å². The molecule has 5 atom stereocenters. The molecule has 3 saturated heterocycles. The number of carbonyl (C=O) groups is 3. The lowest BCUT2D eigenvalue weighted by atomic mass is 9.78. The smallest absolute Gasteiger partial charge is 0.247 e. The summed E-state index contributed by atoms with van der Waals surface area (Å²) < 4.78 is 4.70. The van der Waals surface area contributed by atoms with E-state index in [9.17, 15) is 19.5 Å². The first-order valence-electron chi connectivity index (χ1n) is 13.8. The Labute approximate surface area is 223 Å². The first kappa shape index (κ1) is 26.7. The van der Waals surface area contributed by atoms with Crippen molar-refractivity contribution in [2.24, 2.45) is 11.8 Å². The topological polar surface area (TPSA) is 93.6 Å². The normalized spacial score (nSPS) is 34.0. The zero-order valence-corrected chi connectivity index (χ0v) is 22.6. The van der Waals surface area contributed by atoms with Gasteiger partial charge in [0.2, 0.25) is 17.7 Å². The van der Waals surface area contributed by atoms with Gasteiger partial charge in [0, 0.05) is 64.2 Å². The largest absolute Gasteiger partial charge is 0.396 e. The van der Waals surface area contributed by atoms with Crippen molar-refractivity contribution < 1.29 is 24.2 Å². The molecule has 0 aromatic heterocycles. The van der Waals surface area contributed by atoms with Crippen LogP contribution in [0.5, 0.6) is 0 Å². The van der Waals surface area contributed by atoms with E-state index in [1.165, 1.54) is 0 Å². The molecule has 0 aromatic rings. The van der Waals surface area contributed by atoms with Gasteiger partial charge in [0.1, 0.15) is 6.04 Å². The number of nitrogens with zero attached hydrogens (tertiary/aromatic N) is 4. The number of ether oxygens (including phenoxy) is 1. The lowest BCUT2D eigenvalue weighted by molar-refractivity contribution is -0.144. The van der Waals surface area contributed by atoms with Crippen molar-refractivity contribution >= 4 is 29.5 Å². The molecule has 10 heteroatoms. The molecule has 3 fully saturated rings. The number of hydrogen-bond acceptors (Lipinski definition) is 7. The van der Waals surface area contributed by atoms with Gasteiger partial charge in [-0.2, -0.15) is 0 Å². The fourth-order valence-electron chi connectivity index (χ4n) is 6.63. The molecule has 37 heavy (non-hydrogen) atoms. The average Bonchev–Trinajstić information content (AvgIpc) is 3.22. The highest BCUT2D eigenvalue weighted by Gasteiger charge is 2.70. The number of carbonyl (C=O) groups excluding carboxylic acids is 3. The highest BCUT2D eigenvalue weighted by Crippen LogP contribution is 2.61. The van der Waals surface area contributed by atoms with Gasteiger partial charge in [-0.15, -0.1) is 11.8 Å². The molecule has 0 bridgehead atoms. The van der Waals surface area contributed by atoms with Crippen LogP contribution in [0.4, 0.5) is 0 Å². The number of morpholine rings is 1. The zero-order chi connectivity index (χ0) is 26.0. The second-order valence-electron chi connectivity index (χ2n) is 10.7. The summed E-state index contributed by atoms with van der Waals surface area (Å²) in [5.74, 6) is -1.11. The van der Waals surface area contributed by atoms with Gasteiger partial charge in [-0.3, -0.25) is 19.3 Å². The lowest BCUT2D eigenvalue weighted by Gasteiger charge is -2.36. The number of thioether (sulfide) groups is 1. The first-order valence-corrected chi connectivity index (χ1v) is 14.7. The molecule has 3 amide bonds. The maximum absolute atomic E-state index is 14.2. The minimum Gasteiger partial charge on any atom is -0.396 e. The molecule has 9 nitrogen and oxygen atoms in total. The van der Waals surface area contributed by atoms with Gasteiger partial charge in [0.15, 0.2) is 0 Å². The fraction of sp³-hybridized carbons (Fsp3) is 0.741. The lowest BCUT2D eigenvalue weighted by Crippen LogP contribution is -2.54. The number of aliphatic hydroxyl groups is 1. The highest BCUT2D eigenvalue weighted by molar-refractivity contribution is 8.02. The number of rotatable bonds is 9. The molecule has 0 radical (unpaired) electrons. The van der Waals surface area contributed by atoms with Crippen LogP contribution < -0.4 is 0 Å². The van der Waals surface area contributed by atoms with Crippen LogP contribution in [0.1, 0.15) is 26.2 Å². The van der Waals surface area contributed by atoms with Gasteiger partial charge in [0.05, 0.1) is 29.8 Å². The Kier molecular flexibility index (Phi) is 8.28. The van der Waals surface area contributed by atoms with E-state index in [2.05, 4.69) is 30.1 Å². The molecule has 5 rings (SSSR count). The van der Waals surface area contributed by atoms with E-state index < -0.39 is 22.6 Å². The first-order chi connectivity index (χ1) is 18.0. The Morgan fingerprint density at radius 3 is 2.49 bits per heavy atom. The summed E-state index contributed by atoms with van der Waals surface area (Å²) >= 11 is 1.64. The number of unbranched alkanes of at least 4 members (excludes halogenated alkanes) is 1. The van der Waals surface area contributed by atoms with Gasteiger partial charge in [-0.1, -0.05) is 31.2 Å². The van der Waals surface area contributed by atoms with Crippen molar-refractivity contribution in [1.82, 2.24) is 19.6 Å². The van der Waals surface area contributed by atoms with E-state index >= 15 is 0 Å². The SMILES string of the molecule is CCCN1CC=C[C@@H]2S[C@]34C=CCN(CCN5CCOCC5)C(=O)C3N(CCCCO)C(=O)[C@@H]4[C@@H]2C1=O. The summed E-state index contributed by atoms with van der Waals surface area (Å²) in [5, 5.41) is 9.24. The van der Waals surface area contributed by atoms with Crippen molar-refractivity contribution in [1.29, 1.82) is 0 Å². The molecule has 0 aliphatic carbocycles. The molecule has 1 unspecified atom stereocenters. The van der Waals surface area contributed by atoms with E-state index in [4.69, 9.17) is 4.74 Å². The maximum Gasteiger partial charge on any atom is 0.247 e. The van der Waals surface area contributed by atoms with Crippen LogP contribution in [-0.4, -0.2) is 131 Å². The second-order valence-corrected chi connectivity index (χ2v) is 12.1. The molecule has 0 aromatic carbocycles. The Morgan fingerprint density at radius 1 is 0.973 bits per heavy atom. The van der Waals surface area contributed by atoms with E-state index in [0.717, 1.165) is 26.1 Å². The van der Waals surface area contributed by atoms with Crippen molar-refractivity contribution in [3.63, 3.8) is 0 Å². The summed E-state index contributed by atoms with van der Waals surface area (Å²) in [6.45, 7) is 8.79. The summed E-state index contributed by atoms with van der Waals surface area (Å²) in [4.78, 5) is 49.9. The number of fused-ring (bicyclic) bond motifs is 2. The number of aliphatic hydroxyl groups excluding tert-OH is 1. The molecule has 5 aliphatic heterocycles. The second kappa shape index (κ2) is 11.5. The van der Waals surface area contributed by atoms with Gasteiger partial charge < -0.3 is 24.5 Å². The fourth-order valence-corrected chi connectivity index (χ4v) is 8.64. The molecule has 0 saturated carbocycles. The van der Waals surface area contributed by atoms with Gasteiger partial charge in [-0.25, -0.2) is 0 Å². The Bertz CT molecular complexity index is 938.